The molecule has 0 fully saturated rings. The van der Waals surface area contributed by atoms with Gasteiger partial charge in [-0.2, -0.15) is 13.2 Å². The molecule has 1 nitrogen and oxygen atoms in total. The number of benzene rings is 1. The molecule has 16 heavy (non-hydrogen) atoms. The molecule has 0 bridgehead atoms. The molecule has 0 spiro atoms. The van der Waals surface area contributed by atoms with Crippen molar-refractivity contribution in [2.75, 3.05) is 0 Å². The molecule has 1 aromatic rings. The summed E-state index contributed by atoms with van der Waals surface area (Å²) in [6.07, 6.45) is -4.72. The summed E-state index contributed by atoms with van der Waals surface area (Å²) in [6, 6.07) is 2.07. The van der Waals surface area contributed by atoms with Crippen molar-refractivity contribution in [1.29, 1.82) is 0 Å². The van der Waals surface area contributed by atoms with Gasteiger partial charge in [0.25, 0.3) is 0 Å². The first-order chi connectivity index (χ1) is 7.23. The molecular formula is C11H10F4O. The Morgan fingerprint density at radius 1 is 1.25 bits per heavy atom. The van der Waals surface area contributed by atoms with Crippen LogP contribution in [0.4, 0.5) is 17.6 Å². The van der Waals surface area contributed by atoms with E-state index < -0.39 is 34.8 Å². The van der Waals surface area contributed by atoms with Crippen LogP contribution in [0.2, 0.25) is 0 Å². The third kappa shape index (κ3) is 2.59. The van der Waals surface area contributed by atoms with E-state index in [2.05, 4.69) is 0 Å². The molecule has 0 saturated carbocycles. The molecule has 1 aromatic carbocycles. The molecule has 0 heterocycles. The zero-order valence-electron chi connectivity index (χ0n) is 8.73. The summed E-state index contributed by atoms with van der Waals surface area (Å²) in [5.74, 6) is -2.22. The Kier molecular flexibility index (Phi) is 3.35. The van der Waals surface area contributed by atoms with Crippen LogP contribution in [0.3, 0.4) is 0 Å². The highest BCUT2D eigenvalue weighted by Crippen LogP contribution is 2.33. The van der Waals surface area contributed by atoms with Crippen LogP contribution in [0.25, 0.3) is 0 Å². The van der Waals surface area contributed by atoms with Crippen LogP contribution < -0.4 is 0 Å². The Morgan fingerprint density at radius 2 is 1.81 bits per heavy atom. The highest BCUT2D eigenvalue weighted by Gasteiger charge is 2.35. The minimum atomic E-state index is -4.72. The van der Waals surface area contributed by atoms with E-state index in [1.165, 1.54) is 13.8 Å². The van der Waals surface area contributed by atoms with Crippen LogP contribution >= 0.6 is 0 Å². The van der Waals surface area contributed by atoms with E-state index in [1.807, 2.05) is 0 Å². The van der Waals surface area contributed by atoms with Crippen LogP contribution in [-0.2, 0) is 6.18 Å². The van der Waals surface area contributed by atoms with Gasteiger partial charge in [0.1, 0.15) is 5.82 Å². The minimum Gasteiger partial charge on any atom is -0.294 e. The predicted octanol–water partition coefficient (Wildman–Crippen LogP) is 3.68. The number of hydrogen-bond acceptors (Lipinski definition) is 1. The number of rotatable bonds is 2. The fourth-order valence-electron chi connectivity index (χ4n) is 1.28. The largest absolute Gasteiger partial charge is 0.417 e. The quantitative estimate of drug-likeness (QED) is 0.563. The van der Waals surface area contributed by atoms with E-state index in [9.17, 15) is 22.4 Å². The smallest absolute Gasteiger partial charge is 0.294 e. The molecule has 0 unspecified atom stereocenters. The first-order valence-electron chi connectivity index (χ1n) is 4.64. The molecule has 0 aliphatic carbocycles. The van der Waals surface area contributed by atoms with Gasteiger partial charge in [-0.25, -0.2) is 4.39 Å². The third-order valence-electron chi connectivity index (χ3n) is 2.08. The van der Waals surface area contributed by atoms with E-state index >= 15 is 0 Å². The molecular weight excluding hydrogens is 224 g/mol. The van der Waals surface area contributed by atoms with Gasteiger partial charge >= 0.3 is 6.18 Å². The van der Waals surface area contributed by atoms with E-state index in [4.69, 9.17) is 0 Å². The number of carbonyl (C=O) groups is 1. The standard InChI is InChI=1S/C11H10F4O/c1-6(2)10(16)8-4-3-7(12)5-9(8)11(13,14)15/h3-6H,1-2H3. The van der Waals surface area contributed by atoms with Crippen molar-refractivity contribution < 1.29 is 22.4 Å². The van der Waals surface area contributed by atoms with Crippen LogP contribution in [0.1, 0.15) is 29.8 Å². The summed E-state index contributed by atoms with van der Waals surface area (Å²) in [5, 5.41) is 0. The van der Waals surface area contributed by atoms with E-state index in [0.717, 1.165) is 12.1 Å². The minimum absolute atomic E-state index is 0.343. The molecule has 0 saturated heterocycles. The number of halogens is 4. The maximum atomic E-state index is 12.7. The second-order valence-electron chi connectivity index (χ2n) is 3.71. The normalized spacial score (nSPS) is 11.9. The number of hydrogen-bond donors (Lipinski definition) is 0. The first kappa shape index (κ1) is 12.7. The lowest BCUT2D eigenvalue weighted by Gasteiger charge is -2.13. The lowest BCUT2D eigenvalue weighted by atomic mass is 9.96. The molecule has 0 atom stereocenters. The molecule has 1 rings (SSSR count). The summed E-state index contributed by atoms with van der Waals surface area (Å²) in [6.45, 7) is 2.98. The number of alkyl halides is 3. The van der Waals surface area contributed by atoms with E-state index in [-0.39, 0.29) is 0 Å². The van der Waals surface area contributed by atoms with E-state index in [0.29, 0.717) is 6.07 Å². The average molecular weight is 234 g/mol. The number of Topliss-reactive ketones (excluding diaryl/α,β-unsaturated/α-hetero) is 1. The molecule has 5 heteroatoms. The van der Waals surface area contributed by atoms with Crippen molar-refractivity contribution in [3.8, 4) is 0 Å². The van der Waals surface area contributed by atoms with Crippen LogP contribution in [0.5, 0.6) is 0 Å². The van der Waals surface area contributed by atoms with Gasteiger partial charge in [0, 0.05) is 11.5 Å². The van der Waals surface area contributed by atoms with Crippen LogP contribution in [0, 0.1) is 11.7 Å². The Hall–Kier alpha value is -1.39. The summed E-state index contributed by atoms with van der Waals surface area (Å²) >= 11 is 0. The lowest BCUT2D eigenvalue weighted by Crippen LogP contribution is -2.16. The second kappa shape index (κ2) is 4.23. The predicted molar refractivity (Wildman–Crippen MR) is 50.6 cm³/mol. The van der Waals surface area contributed by atoms with Gasteiger partial charge < -0.3 is 0 Å². The summed E-state index contributed by atoms with van der Waals surface area (Å²) < 4.78 is 50.3. The summed E-state index contributed by atoms with van der Waals surface area (Å²) in [4.78, 5) is 11.5. The molecule has 0 aliphatic rings. The lowest BCUT2D eigenvalue weighted by molar-refractivity contribution is -0.138. The highest BCUT2D eigenvalue weighted by molar-refractivity contribution is 5.98. The van der Waals surface area contributed by atoms with Crippen molar-refractivity contribution in [3.05, 3.63) is 35.1 Å². The van der Waals surface area contributed by atoms with Crippen LogP contribution in [-0.4, -0.2) is 5.78 Å². The maximum absolute atomic E-state index is 12.7. The SMILES string of the molecule is CC(C)C(=O)c1ccc(F)cc1C(F)(F)F. The van der Waals surface area contributed by atoms with Crippen molar-refractivity contribution in [3.63, 3.8) is 0 Å². The highest BCUT2D eigenvalue weighted by atomic mass is 19.4. The Labute approximate surface area is 90.1 Å². The van der Waals surface area contributed by atoms with Crippen molar-refractivity contribution >= 4 is 5.78 Å². The first-order valence-corrected chi connectivity index (χ1v) is 4.64. The van der Waals surface area contributed by atoms with Gasteiger partial charge in [-0.05, 0) is 18.2 Å². The number of ketones is 1. The fraction of sp³-hybridized carbons (Fsp3) is 0.364. The van der Waals surface area contributed by atoms with Gasteiger partial charge in [0.2, 0.25) is 0 Å². The molecule has 0 amide bonds. The third-order valence-corrected chi connectivity index (χ3v) is 2.08. The van der Waals surface area contributed by atoms with Crippen molar-refractivity contribution in [2.24, 2.45) is 5.92 Å². The molecule has 0 N–H and O–H groups in total. The number of carbonyl (C=O) groups excluding carboxylic acids is 1. The van der Waals surface area contributed by atoms with E-state index in [1.54, 1.807) is 0 Å². The van der Waals surface area contributed by atoms with Crippen molar-refractivity contribution in [1.82, 2.24) is 0 Å². The van der Waals surface area contributed by atoms with Crippen LogP contribution in [0.15, 0.2) is 18.2 Å². The monoisotopic (exact) mass is 234 g/mol. The summed E-state index contributed by atoms with van der Waals surface area (Å²) in [7, 11) is 0. The molecule has 0 aliphatic heterocycles. The second-order valence-corrected chi connectivity index (χ2v) is 3.71. The van der Waals surface area contributed by atoms with Gasteiger partial charge in [0.15, 0.2) is 5.78 Å². The fourth-order valence-corrected chi connectivity index (χ4v) is 1.28. The Bertz CT molecular complexity index is 407. The van der Waals surface area contributed by atoms with Gasteiger partial charge in [-0.1, -0.05) is 13.8 Å². The van der Waals surface area contributed by atoms with Gasteiger partial charge in [-0.15, -0.1) is 0 Å². The topological polar surface area (TPSA) is 17.1 Å². The molecule has 0 aromatic heterocycles. The van der Waals surface area contributed by atoms with Gasteiger partial charge in [-0.3, -0.25) is 4.79 Å². The zero-order valence-corrected chi connectivity index (χ0v) is 8.73. The molecule has 88 valence electrons. The summed E-state index contributed by atoms with van der Waals surface area (Å²) in [5.41, 5.74) is -1.70. The van der Waals surface area contributed by atoms with Gasteiger partial charge in [0.05, 0.1) is 5.56 Å². The Morgan fingerprint density at radius 3 is 2.25 bits per heavy atom. The maximum Gasteiger partial charge on any atom is 0.417 e. The average Bonchev–Trinajstić information content (AvgIpc) is 2.15. The molecule has 0 radical (unpaired) electrons. The zero-order chi connectivity index (χ0) is 12.5. The van der Waals surface area contributed by atoms with Crippen molar-refractivity contribution in [2.45, 2.75) is 20.0 Å². The Balaban J connectivity index is 3.34.